The van der Waals surface area contributed by atoms with Gasteiger partial charge in [0.1, 0.15) is 29.0 Å². The molecule has 0 spiro atoms. The largest absolute Gasteiger partial charge is 0.478 e. The molecule has 3 N–H and O–H groups in total. The number of unbranched alkanes of at least 4 members (excludes halogenated alkanes) is 3. The number of aromatic nitrogens is 8. The number of anilines is 1. The molecule has 0 aliphatic heterocycles. The minimum atomic E-state index is -2.21. The molecule has 5 aromatic heterocycles. The Morgan fingerprint density at radius 1 is 0.608 bits per heavy atom. The van der Waals surface area contributed by atoms with Gasteiger partial charge in [-0.25, -0.2) is 32.4 Å². The number of hydrogen-bond acceptors (Lipinski definition) is 10. The number of carboxylic acids is 2. The van der Waals surface area contributed by atoms with Crippen LogP contribution in [0.1, 0.15) is 127 Å². The Labute approximate surface area is 472 Å². The second kappa shape index (κ2) is 30.8. The van der Waals surface area contributed by atoms with Crippen LogP contribution >= 0.6 is 15.9 Å². The van der Waals surface area contributed by atoms with Crippen molar-refractivity contribution >= 4 is 61.7 Å². The molecule has 5 heterocycles. The van der Waals surface area contributed by atoms with Gasteiger partial charge in [0.15, 0.2) is 0 Å². The maximum Gasteiger partial charge on any atom is 0.338 e. The topological polar surface area (TPSA) is 199 Å². The molecule has 8 aromatic rings. The van der Waals surface area contributed by atoms with Gasteiger partial charge in [-0.3, -0.25) is 14.8 Å². The Morgan fingerprint density at radius 3 is 1.54 bits per heavy atom. The van der Waals surface area contributed by atoms with Gasteiger partial charge in [-0.15, -0.1) is 5.10 Å². The number of benzene rings is 3. The molecule has 1 amide bonds. The number of nitrogens with zero attached hydrogens (tertiary/aromatic N) is 8. The Hall–Kier alpha value is -7.19. The Morgan fingerprint density at radius 2 is 1.08 bits per heavy atom. The molecular formula is C60H67BrF3N9O5Sn. The minimum absolute atomic E-state index is 0.0386. The molecule has 0 bridgehead atoms. The molecule has 0 atom stereocenters. The first-order valence-electron chi connectivity index (χ1n) is 26.2. The Bertz CT molecular complexity index is 3260. The molecule has 414 valence electrons. The smallest absolute Gasteiger partial charge is 0.338 e. The summed E-state index contributed by atoms with van der Waals surface area (Å²) in [5.41, 5.74) is 4.39. The Balaban J connectivity index is 0.000000207. The van der Waals surface area contributed by atoms with Crippen molar-refractivity contribution in [3.63, 3.8) is 0 Å². The van der Waals surface area contributed by atoms with Gasteiger partial charge in [0, 0.05) is 28.0 Å². The molecule has 8 rings (SSSR count). The predicted molar refractivity (Wildman–Crippen MR) is 310 cm³/mol. The van der Waals surface area contributed by atoms with E-state index in [-0.39, 0.29) is 28.6 Å². The number of hydrogen-bond donors (Lipinski definition) is 3. The summed E-state index contributed by atoms with van der Waals surface area (Å²) >= 11 is 0.912. The van der Waals surface area contributed by atoms with Crippen LogP contribution in [0.25, 0.3) is 34.0 Å². The second-order valence-electron chi connectivity index (χ2n) is 19.1. The molecule has 0 aliphatic carbocycles. The van der Waals surface area contributed by atoms with Gasteiger partial charge in [-0.05, 0) is 135 Å². The first-order chi connectivity index (χ1) is 37.8. The van der Waals surface area contributed by atoms with Gasteiger partial charge in [0.05, 0.1) is 34.1 Å². The van der Waals surface area contributed by atoms with E-state index in [9.17, 15) is 27.6 Å². The van der Waals surface area contributed by atoms with Gasteiger partial charge in [-0.1, -0.05) is 34.1 Å². The van der Waals surface area contributed by atoms with Crippen LogP contribution < -0.4 is 9.03 Å². The summed E-state index contributed by atoms with van der Waals surface area (Å²) < 4.78 is 49.2. The number of aryl methyl sites for hydroxylation is 3. The quantitative estimate of drug-likeness (QED) is 0.0688. The van der Waals surface area contributed by atoms with E-state index < -0.39 is 53.7 Å². The zero-order valence-corrected chi connectivity index (χ0v) is 50.2. The van der Waals surface area contributed by atoms with Gasteiger partial charge in [0.2, 0.25) is 5.82 Å². The number of amides is 1. The third-order valence-corrected chi connectivity index (χ3v) is 28.9. The zero-order valence-electron chi connectivity index (χ0n) is 45.8. The van der Waals surface area contributed by atoms with Crippen LogP contribution in [0.15, 0.2) is 132 Å². The first-order valence-corrected chi connectivity index (χ1v) is 34.4. The van der Waals surface area contributed by atoms with E-state index in [1.807, 2.05) is 32.2 Å². The molecule has 3 aromatic carbocycles. The third kappa shape index (κ3) is 17.7. The fourth-order valence-corrected chi connectivity index (χ4v) is 24.4. The number of rotatable bonds is 18. The van der Waals surface area contributed by atoms with Crippen LogP contribution in [-0.2, 0) is 0 Å². The third-order valence-electron chi connectivity index (χ3n) is 12.9. The number of carboxylic acid groups (broad SMARTS) is 2. The average Bonchev–Trinajstić information content (AvgIpc) is 3.98. The van der Waals surface area contributed by atoms with Crippen LogP contribution in [0.3, 0.4) is 0 Å². The summed E-state index contributed by atoms with van der Waals surface area (Å²) in [6.07, 6.45) is 13.5. The number of nitrogens with one attached hydrogen (secondary N) is 1. The fraction of sp³-hybridized carbons (Fsp3) is 0.300. The van der Waals surface area contributed by atoms with E-state index in [1.54, 1.807) is 84.0 Å². The van der Waals surface area contributed by atoms with Crippen molar-refractivity contribution in [3.8, 4) is 34.0 Å². The van der Waals surface area contributed by atoms with Crippen LogP contribution in [0.2, 0.25) is 13.3 Å². The molecule has 0 unspecified atom stereocenters. The fourth-order valence-electron chi connectivity index (χ4n) is 8.59. The van der Waals surface area contributed by atoms with Crippen molar-refractivity contribution in [1.29, 1.82) is 0 Å². The van der Waals surface area contributed by atoms with Gasteiger partial charge in [-0.2, -0.15) is 0 Å². The molecule has 0 aliphatic rings. The van der Waals surface area contributed by atoms with E-state index >= 15 is 0 Å². The molecule has 14 nitrogen and oxygen atoms in total. The maximum absolute atomic E-state index is 14.6. The number of halogens is 4. The normalized spacial score (nSPS) is 10.8. The zero-order chi connectivity index (χ0) is 57.6. The molecular weight excluding hydrogens is 1180 g/mol. The first kappa shape index (κ1) is 62.6. The number of tetrazole rings is 1. The second-order valence-corrected chi connectivity index (χ2v) is 33.0. The average molecular weight is 1250 g/mol. The number of carbonyl (C=O) groups excluding carboxylic acids is 1. The van der Waals surface area contributed by atoms with E-state index in [4.69, 9.17) is 15.2 Å². The van der Waals surface area contributed by atoms with Crippen molar-refractivity contribution in [2.75, 3.05) is 5.32 Å². The molecule has 19 heteroatoms. The number of carbonyl (C=O) groups is 3. The standard InChI is InChI=1S/C22H20FN7O.C13H10FNO2.C8H6BrFO2.C5H4N.3C4H9.Sn/c1-13(2)30-21(27-28-29-30)19-8-6-9-20(25-19)26-22(31)16-12-15(14(3)11-17(16)23)18-7-4-5-10-24-18;1-8-6-11(14)10(13(16)17)7-9(8)12-4-2-3-5-15-12;1-4-2-7(10)5(8(11)12)3-6(4)9;1-2-4-6-5-3-1;3*1-3-4-2;/h4-13H,1-3H3,(H,25,26,31);2-7H,1H3,(H,16,17);2-3H,1H3,(H,11,12);1-4H;3*1,3-4H2,2H3;. The van der Waals surface area contributed by atoms with E-state index in [0.717, 1.165) is 0 Å². The minimum Gasteiger partial charge on any atom is -0.478 e. The number of pyridine rings is 4. The van der Waals surface area contributed by atoms with E-state index in [2.05, 4.69) is 90.7 Å². The summed E-state index contributed by atoms with van der Waals surface area (Å²) in [5.74, 6) is -4.45. The summed E-state index contributed by atoms with van der Waals surface area (Å²) in [6, 6.07) is 30.3. The van der Waals surface area contributed by atoms with Crippen LogP contribution in [0.5, 0.6) is 0 Å². The summed E-state index contributed by atoms with van der Waals surface area (Å²) in [5, 5.41) is 31.7. The summed E-state index contributed by atoms with van der Waals surface area (Å²) in [7, 11) is 0. The van der Waals surface area contributed by atoms with Gasteiger partial charge < -0.3 is 15.5 Å². The van der Waals surface area contributed by atoms with Crippen LogP contribution in [0, 0.1) is 38.2 Å². The van der Waals surface area contributed by atoms with Crippen molar-refractivity contribution in [3.05, 3.63) is 183 Å². The monoisotopic (exact) mass is 1250 g/mol. The summed E-state index contributed by atoms with van der Waals surface area (Å²) in [6.45, 7) is 16.1. The van der Waals surface area contributed by atoms with Crippen LogP contribution in [-0.4, -0.2) is 86.6 Å². The van der Waals surface area contributed by atoms with Crippen molar-refractivity contribution in [2.24, 2.45) is 0 Å². The van der Waals surface area contributed by atoms with Crippen molar-refractivity contribution < 1.29 is 37.8 Å². The molecule has 0 fully saturated rings. The molecule has 79 heavy (non-hydrogen) atoms. The SMILES string of the molecule is CCC[CH2][Sn]([CH2]CCC)([CH2]CCC)[c]1ccccn1.Cc1cc(F)c(C(=O)Nc2cccc(-c3nnnn3C(C)C)n2)cc1-c1ccccn1.Cc1cc(F)c(C(=O)O)cc1-c1ccccn1.Cc1cc(F)c(C(=O)O)cc1Br. The predicted octanol–water partition coefficient (Wildman–Crippen LogP) is 14.7. The molecule has 0 saturated carbocycles. The van der Waals surface area contributed by atoms with Crippen molar-refractivity contribution in [1.82, 2.24) is 40.1 Å². The summed E-state index contributed by atoms with van der Waals surface area (Å²) in [4.78, 5) is 51.8. The molecule has 0 radical (unpaired) electrons. The number of aromatic carboxylic acids is 2. The van der Waals surface area contributed by atoms with Crippen molar-refractivity contribution in [2.45, 2.75) is 113 Å². The van der Waals surface area contributed by atoms with E-state index in [1.165, 1.54) is 88.2 Å². The van der Waals surface area contributed by atoms with Gasteiger partial charge in [0.25, 0.3) is 5.91 Å². The van der Waals surface area contributed by atoms with Crippen LogP contribution in [0.4, 0.5) is 19.0 Å². The van der Waals surface area contributed by atoms with E-state index in [0.29, 0.717) is 55.2 Å². The maximum atomic E-state index is 14.6. The molecule has 0 saturated heterocycles. The Kier molecular flexibility index (Phi) is 24.4. The van der Waals surface area contributed by atoms with Gasteiger partial charge >= 0.3 is 136 Å².